The Morgan fingerprint density at radius 1 is 1.47 bits per heavy atom. The normalized spacial score (nSPS) is 18.3. The molecule has 0 bridgehead atoms. The van der Waals surface area contributed by atoms with Crippen LogP contribution in [0.15, 0.2) is 30.3 Å². The van der Waals surface area contributed by atoms with Gasteiger partial charge in [0.05, 0.1) is 12.5 Å². The average molecular weight is 202 g/mol. The summed E-state index contributed by atoms with van der Waals surface area (Å²) in [5.74, 6) is -0.233. The van der Waals surface area contributed by atoms with Gasteiger partial charge in [0.15, 0.2) is 0 Å². The largest absolute Gasteiger partial charge is 0.466 e. The average Bonchev–Trinajstić information content (AvgIpc) is 2.29. The van der Waals surface area contributed by atoms with Gasteiger partial charge in [-0.25, -0.2) is 0 Å². The first-order valence-corrected chi connectivity index (χ1v) is 5.24. The van der Waals surface area contributed by atoms with Crippen molar-refractivity contribution >= 4 is 12.0 Å². The number of esters is 1. The molecular formula is C13H14O2. The minimum atomic E-state index is -0.122. The van der Waals surface area contributed by atoms with Crippen LogP contribution in [-0.4, -0.2) is 12.6 Å². The summed E-state index contributed by atoms with van der Waals surface area (Å²) < 4.78 is 5.01. The van der Waals surface area contributed by atoms with Gasteiger partial charge in [0.25, 0.3) is 0 Å². The molecule has 0 aliphatic heterocycles. The van der Waals surface area contributed by atoms with E-state index >= 15 is 0 Å². The molecule has 1 unspecified atom stereocenters. The smallest absolute Gasteiger partial charge is 0.313 e. The molecule has 2 heteroatoms. The second kappa shape index (κ2) is 4.30. The van der Waals surface area contributed by atoms with Gasteiger partial charge in [-0.05, 0) is 24.5 Å². The van der Waals surface area contributed by atoms with Crippen molar-refractivity contribution in [1.82, 2.24) is 0 Å². The molecule has 1 aliphatic rings. The first-order chi connectivity index (χ1) is 7.31. The lowest BCUT2D eigenvalue weighted by atomic mass is 9.90. The van der Waals surface area contributed by atoms with E-state index in [1.165, 1.54) is 11.1 Å². The molecule has 0 fully saturated rings. The van der Waals surface area contributed by atoms with Crippen LogP contribution < -0.4 is 0 Å². The van der Waals surface area contributed by atoms with E-state index in [1.54, 1.807) is 0 Å². The number of fused-ring (bicyclic) bond motifs is 1. The predicted octanol–water partition coefficient (Wildman–Crippen LogP) is 2.44. The Kier molecular flexibility index (Phi) is 2.86. The van der Waals surface area contributed by atoms with Crippen molar-refractivity contribution in [3.8, 4) is 0 Å². The Balaban J connectivity index is 2.15. The lowest BCUT2D eigenvalue weighted by Gasteiger charge is -2.17. The third-order valence-corrected chi connectivity index (χ3v) is 2.59. The molecule has 1 aromatic rings. The van der Waals surface area contributed by atoms with Crippen LogP contribution >= 0.6 is 0 Å². The van der Waals surface area contributed by atoms with Crippen LogP contribution in [0.2, 0.25) is 0 Å². The number of benzene rings is 1. The van der Waals surface area contributed by atoms with E-state index in [1.807, 2.05) is 31.2 Å². The van der Waals surface area contributed by atoms with Crippen LogP contribution in [0.3, 0.4) is 0 Å². The maximum absolute atomic E-state index is 11.5. The summed E-state index contributed by atoms with van der Waals surface area (Å²) in [5.41, 5.74) is 2.43. The number of carbonyl (C=O) groups is 1. The SMILES string of the molecule is CCOC(=O)C1C=Cc2ccccc2C1. The monoisotopic (exact) mass is 202 g/mol. The number of carbonyl (C=O) groups excluding carboxylic acids is 1. The summed E-state index contributed by atoms with van der Waals surface area (Å²) in [6, 6.07) is 8.13. The summed E-state index contributed by atoms with van der Waals surface area (Å²) in [5, 5.41) is 0. The maximum atomic E-state index is 11.5. The Labute approximate surface area is 89.6 Å². The molecule has 15 heavy (non-hydrogen) atoms. The molecule has 2 nitrogen and oxygen atoms in total. The quantitative estimate of drug-likeness (QED) is 0.688. The molecule has 2 rings (SSSR count). The summed E-state index contributed by atoms with van der Waals surface area (Å²) in [4.78, 5) is 11.5. The van der Waals surface area contributed by atoms with Crippen molar-refractivity contribution in [3.05, 3.63) is 41.5 Å². The summed E-state index contributed by atoms with van der Waals surface area (Å²) >= 11 is 0. The summed E-state index contributed by atoms with van der Waals surface area (Å²) in [7, 11) is 0. The van der Waals surface area contributed by atoms with E-state index in [4.69, 9.17) is 4.74 Å². The van der Waals surface area contributed by atoms with Gasteiger partial charge in [-0.2, -0.15) is 0 Å². The van der Waals surface area contributed by atoms with Crippen molar-refractivity contribution in [2.75, 3.05) is 6.61 Å². The van der Waals surface area contributed by atoms with Crippen LogP contribution in [0.25, 0.3) is 6.08 Å². The predicted molar refractivity (Wildman–Crippen MR) is 59.3 cm³/mol. The zero-order valence-corrected chi connectivity index (χ0v) is 8.77. The fourth-order valence-corrected chi connectivity index (χ4v) is 1.82. The minimum absolute atomic E-state index is 0.111. The zero-order valence-electron chi connectivity index (χ0n) is 8.77. The van der Waals surface area contributed by atoms with Crippen molar-refractivity contribution in [2.24, 2.45) is 5.92 Å². The lowest BCUT2D eigenvalue weighted by Crippen LogP contribution is -2.20. The van der Waals surface area contributed by atoms with E-state index in [2.05, 4.69) is 12.1 Å². The number of rotatable bonds is 2. The molecule has 0 aromatic heterocycles. The van der Waals surface area contributed by atoms with E-state index in [-0.39, 0.29) is 11.9 Å². The fraction of sp³-hybridized carbons (Fsp3) is 0.308. The molecule has 0 saturated heterocycles. The third kappa shape index (κ3) is 2.09. The molecule has 78 valence electrons. The van der Waals surface area contributed by atoms with Gasteiger partial charge in [0, 0.05) is 0 Å². The number of ether oxygens (including phenoxy) is 1. The minimum Gasteiger partial charge on any atom is -0.466 e. The van der Waals surface area contributed by atoms with Crippen molar-refractivity contribution in [2.45, 2.75) is 13.3 Å². The molecule has 0 radical (unpaired) electrons. The van der Waals surface area contributed by atoms with E-state index in [0.29, 0.717) is 6.61 Å². The topological polar surface area (TPSA) is 26.3 Å². The fourth-order valence-electron chi connectivity index (χ4n) is 1.82. The molecule has 1 aliphatic carbocycles. The number of hydrogen-bond acceptors (Lipinski definition) is 2. The highest BCUT2D eigenvalue weighted by molar-refractivity contribution is 5.78. The van der Waals surface area contributed by atoms with Gasteiger partial charge in [0.1, 0.15) is 0 Å². The maximum Gasteiger partial charge on any atom is 0.313 e. The highest BCUT2D eigenvalue weighted by atomic mass is 16.5. The van der Waals surface area contributed by atoms with E-state index < -0.39 is 0 Å². The Bertz CT molecular complexity index is 393. The standard InChI is InChI=1S/C13H14O2/c1-2-15-13(14)12-8-7-10-5-3-4-6-11(10)9-12/h3-8,12H,2,9H2,1H3. The van der Waals surface area contributed by atoms with Crippen LogP contribution in [0.4, 0.5) is 0 Å². The van der Waals surface area contributed by atoms with Crippen LogP contribution in [0.5, 0.6) is 0 Å². The summed E-state index contributed by atoms with van der Waals surface area (Å²) in [6.07, 6.45) is 4.69. The molecule has 1 aromatic carbocycles. The van der Waals surface area contributed by atoms with Gasteiger partial charge in [-0.15, -0.1) is 0 Å². The van der Waals surface area contributed by atoms with Gasteiger partial charge >= 0.3 is 5.97 Å². The van der Waals surface area contributed by atoms with Crippen molar-refractivity contribution < 1.29 is 9.53 Å². The summed E-state index contributed by atoms with van der Waals surface area (Å²) in [6.45, 7) is 2.28. The zero-order chi connectivity index (χ0) is 10.7. The number of hydrogen-bond donors (Lipinski definition) is 0. The van der Waals surface area contributed by atoms with Crippen molar-refractivity contribution in [1.29, 1.82) is 0 Å². The first kappa shape index (κ1) is 9.97. The third-order valence-electron chi connectivity index (χ3n) is 2.59. The second-order valence-corrected chi connectivity index (χ2v) is 3.62. The highest BCUT2D eigenvalue weighted by Crippen LogP contribution is 2.23. The van der Waals surface area contributed by atoms with Crippen LogP contribution in [-0.2, 0) is 16.0 Å². The van der Waals surface area contributed by atoms with Crippen LogP contribution in [0, 0.1) is 5.92 Å². The second-order valence-electron chi connectivity index (χ2n) is 3.62. The highest BCUT2D eigenvalue weighted by Gasteiger charge is 2.21. The Hall–Kier alpha value is -1.57. The molecule has 0 saturated carbocycles. The first-order valence-electron chi connectivity index (χ1n) is 5.24. The van der Waals surface area contributed by atoms with E-state index in [0.717, 1.165) is 6.42 Å². The molecule has 0 amide bonds. The van der Waals surface area contributed by atoms with Gasteiger partial charge < -0.3 is 4.74 Å². The molecule has 0 N–H and O–H groups in total. The molecule has 0 spiro atoms. The van der Waals surface area contributed by atoms with Gasteiger partial charge in [0.2, 0.25) is 0 Å². The Morgan fingerprint density at radius 3 is 3.07 bits per heavy atom. The molecule has 0 heterocycles. The van der Waals surface area contributed by atoms with E-state index in [9.17, 15) is 4.79 Å². The van der Waals surface area contributed by atoms with Crippen molar-refractivity contribution in [3.63, 3.8) is 0 Å². The Morgan fingerprint density at radius 2 is 2.27 bits per heavy atom. The van der Waals surface area contributed by atoms with Gasteiger partial charge in [-0.3, -0.25) is 4.79 Å². The van der Waals surface area contributed by atoms with Crippen LogP contribution in [0.1, 0.15) is 18.1 Å². The lowest BCUT2D eigenvalue weighted by molar-refractivity contribution is -0.146. The molecule has 1 atom stereocenters. The van der Waals surface area contributed by atoms with Gasteiger partial charge in [-0.1, -0.05) is 36.4 Å². The molecular weight excluding hydrogens is 188 g/mol.